The molecule has 0 atom stereocenters. The van der Waals surface area contributed by atoms with Gasteiger partial charge in [0.05, 0.1) is 0 Å². The Bertz CT molecular complexity index is 982. The molecule has 0 saturated heterocycles. The number of carbonyl (C=O) groups excluding carboxylic acids is 1. The molecule has 28 heavy (non-hydrogen) atoms. The molecule has 2 aliphatic carbocycles. The minimum absolute atomic E-state index is 0.301. The Labute approximate surface area is 168 Å². The molecule has 7 nitrogen and oxygen atoms in total. The number of rotatable bonds is 6. The summed E-state index contributed by atoms with van der Waals surface area (Å²) in [7, 11) is -3.87. The number of aromatic nitrogens is 1. The maximum Gasteiger partial charge on any atom is 0.333 e. The van der Waals surface area contributed by atoms with Gasteiger partial charge in [0, 0.05) is 29.2 Å². The van der Waals surface area contributed by atoms with Crippen LogP contribution in [-0.2, 0) is 35.7 Å². The average molecular weight is 419 g/mol. The van der Waals surface area contributed by atoms with Crippen molar-refractivity contribution in [2.24, 2.45) is 0 Å². The van der Waals surface area contributed by atoms with Crippen molar-refractivity contribution < 1.29 is 13.2 Å². The van der Waals surface area contributed by atoms with Gasteiger partial charge in [-0.15, -0.1) is 11.3 Å². The molecular weight excluding hydrogens is 396 g/mol. The highest BCUT2D eigenvalue weighted by Gasteiger charge is 2.25. The van der Waals surface area contributed by atoms with E-state index in [0.29, 0.717) is 11.7 Å². The predicted octanol–water partition coefficient (Wildman–Crippen LogP) is 3.20. The summed E-state index contributed by atoms with van der Waals surface area (Å²) in [4.78, 5) is 16.4. The van der Waals surface area contributed by atoms with E-state index >= 15 is 0 Å². The quantitative estimate of drug-likeness (QED) is 0.669. The lowest BCUT2D eigenvalue weighted by Gasteiger charge is -2.16. The molecule has 0 bridgehead atoms. The summed E-state index contributed by atoms with van der Waals surface area (Å²) in [6.07, 6.45) is 9.13. The number of hydrogen-bond acceptors (Lipinski definition) is 6. The number of fused-ring (bicyclic) bond motifs is 2. The predicted molar refractivity (Wildman–Crippen MR) is 111 cm³/mol. The fraction of sp³-hybridized carbons (Fsp3) is 0.368. The van der Waals surface area contributed by atoms with Crippen LogP contribution < -0.4 is 15.4 Å². The van der Waals surface area contributed by atoms with Crippen molar-refractivity contribution >= 4 is 38.2 Å². The Morgan fingerprint density at radius 2 is 1.86 bits per heavy atom. The number of benzene rings is 1. The average Bonchev–Trinajstić information content (AvgIpc) is 3.39. The lowest BCUT2D eigenvalue weighted by Crippen LogP contribution is -2.33. The molecular formula is C19H22N4O3S2. The van der Waals surface area contributed by atoms with E-state index in [1.165, 1.54) is 28.5 Å². The highest BCUT2D eigenvalue weighted by Crippen LogP contribution is 2.38. The first-order valence-corrected chi connectivity index (χ1v) is 11.7. The van der Waals surface area contributed by atoms with Crippen LogP contribution in [0.5, 0.6) is 0 Å². The van der Waals surface area contributed by atoms with Gasteiger partial charge in [-0.05, 0) is 60.8 Å². The summed E-state index contributed by atoms with van der Waals surface area (Å²) < 4.78 is 26.4. The first-order chi connectivity index (χ1) is 13.5. The fourth-order valence-electron chi connectivity index (χ4n) is 3.90. The van der Waals surface area contributed by atoms with Gasteiger partial charge in [-0.25, -0.2) is 22.9 Å². The van der Waals surface area contributed by atoms with Crippen LogP contribution in [0.25, 0.3) is 0 Å². The van der Waals surface area contributed by atoms with Gasteiger partial charge in [0.25, 0.3) is 10.0 Å². The number of nitrogens with one attached hydrogen (secondary N) is 3. The van der Waals surface area contributed by atoms with Crippen LogP contribution in [0.3, 0.4) is 0 Å². The Hall–Kier alpha value is -2.39. The second-order valence-electron chi connectivity index (χ2n) is 6.93. The standard InChI is InChI=1S/C19H22N4O3S2/c24-18(23-28(25,26)11-3-8-20-19-21-9-10-27-19)22-17-15-6-1-4-13(15)12-14-5-2-7-16(14)17/h3,9-12H,1-2,4-8H2,(H,20,21)(H2,22,23,24)/b11-3+. The molecule has 0 fully saturated rings. The van der Waals surface area contributed by atoms with Crippen LogP contribution in [0.4, 0.5) is 15.6 Å². The van der Waals surface area contributed by atoms with Crippen LogP contribution in [0.15, 0.2) is 29.1 Å². The number of urea groups is 1. The van der Waals surface area contributed by atoms with Crippen molar-refractivity contribution in [3.8, 4) is 0 Å². The molecule has 3 N–H and O–H groups in total. The van der Waals surface area contributed by atoms with Crippen LogP contribution in [0.1, 0.15) is 35.1 Å². The van der Waals surface area contributed by atoms with E-state index in [2.05, 4.69) is 26.4 Å². The largest absolute Gasteiger partial charge is 0.358 e. The van der Waals surface area contributed by atoms with Crippen LogP contribution in [0, 0.1) is 0 Å². The molecule has 0 spiro atoms. The van der Waals surface area contributed by atoms with Crippen molar-refractivity contribution in [2.45, 2.75) is 38.5 Å². The third kappa shape index (κ3) is 4.20. The number of hydrogen-bond donors (Lipinski definition) is 3. The molecule has 148 valence electrons. The van der Waals surface area contributed by atoms with Gasteiger partial charge in [0.15, 0.2) is 5.13 Å². The summed E-state index contributed by atoms with van der Waals surface area (Å²) in [5.41, 5.74) is 5.72. The summed E-state index contributed by atoms with van der Waals surface area (Å²) in [5.74, 6) is 0. The van der Waals surface area contributed by atoms with E-state index in [1.807, 2.05) is 5.38 Å². The molecule has 0 saturated carbocycles. The van der Waals surface area contributed by atoms with Crippen LogP contribution in [0.2, 0.25) is 0 Å². The SMILES string of the molecule is O=C(Nc1c2c(cc3c1CCC3)CCC2)NS(=O)(=O)/C=C/CNc1nccs1. The summed E-state index contributed by atoms with van der Waals surface area (Å²) in [6.45, 7) is 0.301. The third-order valence-corrected chi connectivity index (χ3v) is 6.78. The van der Waals surface area contributed by atoms with Gasteiger partial charge >= 0.3 is 6.03 Å². The molecule has 2 aromatic rings. The van der Waals surface area contributed by atoms with Crippen molar-refractivity contribution in [3.05, 3.63) is 51.4 Å². The molecule has 1 aromatic heterocycles. The zero-order valence-corrected chi connectivity index (χ0v) is 17.0. The highest BCUT2D eigenvalue weighted by molar-refractivity contribution is 7.92. The number of sulfonamides is 1. The van der Waals surface area contributed by atoms with Crippen molar-refractivity contribution in [2.75, 3.05) is 17.2 Å². The number of thiazole rings is 1. The Morgan fingerprint density at radius 1 is 1.14 bits per heavy atom. The summed E-state index contributed by atoms with van der Waals surface area (Å²) >= 11 is 1.43. The minimum Gasteiger partial charge on any atom is -0.358 e. The van der Waals surface area contributed by atoms with Crippen LogP contribution >= 0.6 is 11.3 Å². The van der Waals surface area contributed by atoms with Gasteiger partial charge in [0.2, 0.25) is 0 Å². The maximum atomic E-state index is 12.4. The number of nitrogens with zero attached hydrogens (tertiary/aromatic N) is 1. The molecule has 0 unspecified atom stereocenters. The molecule has 1 heterocycles. The van der Waals surface area contributed by atoms with E-state index in [-0.39, 0.29) is 0 Å². The summed E-state index contributed by atoms with van der Waals surface area (Å²) in [5, 5.41) is 9.33. The molecule has 9 heteroatoms. The van der Waals surface area contributed by atoms with Crippen molar-refractivity contribution in [3.63, 3.8) is 0 Å². The molecule has 4 rings (SSSR count). The zero-order valence-electron chi connectivity index (χ0n) is 15.3. The minimum atomic E-state index is -3.87. The highest BCUT2D eigenvalue weighted by atomic mass is 32.2. The molecule has 2 amide bonds. The second-order valence-corrected chi connectivity index (χ2v) is 9.39. The fourth-order valence-corrected chi connectivity index (χ4v) is 5.17. The molecule has 0 aliphatic heterocycles. The van der Waals surface area contributed by atoms with Gasteiger partial charge in [0.1, 0.15) is 0 Å². The molecule has 0 radical (unpaired) electrons. The number of aryl methyl sites for hydroxylation is 2. The van der Waals surface area contributed by atoms with E-state index in [1.54, 1.807) is 6.20 Å². The smallest absolute Gasteiger partial charge is 0.333 e. The number of carbonyl (C=O) groups is 1. The number of amides is 2. The second kappa shape index (κ2) is 7.92. The molecule has 1 aromatic carbocycles. The van der Waals surface area contributed by atoms with E-state index in [0.717, 1.165) is 60.7 Å². The topological polar surface area (TPSA) is 100 Å². The van der Waals surface area contributed by atoms with E-state index in [4.69, 9.17) is 0 Å². The van der Waals surface area contributed by atoms with Crippen molar-refractivity contribution in [1.29, 1.82) is 0 Å². The number of anilines is 2. The Kier molecular flexibility index (Phi) is 5.36. The lowest BCUT2D eigenvalue weighted by atomic mass is 9.99. The summed E-state index contributed by atoms with van der Waals surface area (Å²) in [6, 6.07) is 1.55. The normalized spacial score (nSPS) is 15.4. The lowest BCUT2D eigenvalue weighted by molar-refractivity contribution is 0.256. The molecule has 2 aliphatic rings. The first-order valence-electron chi connectivity index (χ1n) is 9.32. The van der Waals surface area contributed by atoms with Gasteiger partial charge in [-0.3, -0.25) is 0 Å². The van der Waals surface area contributed by atoms with Gasteiger partial charge in [-0.2, -0.15) is 0 Å². The Balaban J connectivity index is 1.40. The monoisotopic (exact) mass is 418 g/mol. The zero-order chi connectivity index (χ0) is 19.6. The van der Waals surface area contributed by atoms with Crippen molar-refractivity contribution in [1.82, 2.24) is 9.71 Å². The van der Waals surface area contributed by atoms with E-state index < -0.39 is 16.1 Å². The van der Waals surface area contributed by atoms with Crippen LogP contribution in [-0.4, -0.2) is 26.0 Å². The Morgan fingerprint density at radius 3 is 2.50 bits per heavy atom. The van der Waals surface area contributed by atoms with Gasteiger partial charge in [-0.1, -0.05) is 12.1 Å². The third-order valence-electron chi connectivity index (χ3n) is 5.03. The first kappa shape index (κ1) is 18.9. The van der Waals surface area contributed by atoms with Gasteiger partial charge < -0.3 is 10.6 Å². The van der Waals surface area contributed by atoms with E-state index in [9.17, 15) is 13.2 Å². The maximum absolute atomic E-state index is 12.4.